The molecule has 0 bridgehead atoms. The van der Waals surface area contributed by atoms with Crippen molar-refractivity contribution in [3.8, 4) is 11.5 Å². The molecule has 6 heteroatoms. The Morgan fingerprint density at radius 1 is 0.545 bits per heavy atom. The van der Waals surface area contributed by atoms with E-state index in [2.05, 4.69) is 123 Å². The van der Waals surface area contributed by atoms with Gasteiger partial charge in [-0.1, -0.05) is 74.5 Å². The quantitative estimate of drug-likeness (QED) is 0.130. The molecule has 3 heterocycles. The number of benzene rings is 4. The molecule has 6 nitrogen and oxygen atoms in total. The largest absolute Gasteiger partial charge is 0.491 e. The fourth-order valence-corrected chi connectivity index (χ4v) is 5.79. The van der Waals surface area contributed by atoms with Crippen LogP contribution >= 0.6 is 0 Å². The zero-order valence-electron chi connectivity index (χ0n) is 25.8. The number of epoxide rings is 3. The summed E-state index contributed by atoms with van der Waals surface area (Å²) in [6.07, 6.45) is 0.819. The van der Waals surface area contributed by atoms with Crippen molar-refractivity contribution in [1.29, 1.82) is 0 Å². The van der Waals surface area contributed by atoms with Crippen LogP contribution in [0.4, 0.5) is 5.69 Å². The fourth-order valence-electron chi connectivity index (χ4n) is 5.79. The van der Waals surface area contributed by atoms with E-state index in [9.17, 15) is 0 Å². The summed E-state index contributed by atoms with van der Waals surface area (Å²) >= 11 is 0. The monoisotopic (exact) mass is 591 g/mol. The van der Waals surface area contributed by atoms with E-state index in [4.69, 9.17) is 23.7 Å². The predicted octanol–water partition coefficient (Wildman–Crippen LogP) is 6.73. The second-order valence-corrected chi connectivity index (χ2v) is 12.8. The first-order valence-electron chi connectivity index (χ1n) is 15.6. The lowest BCUT2D eigenvalue weighted by Crippen LogP contribution is -2.26. The van der Waals surface area contributed by atoms with Gasteiger partial charge in [-0.25, -0.2) is 0 Å². The van der Waals surface area contributed by atoms with Crippen LogP contribution in [0.15, 0.2) is 97.1 Å². The SMILES string of the molecule is CC(C)(c1ccc(OCC2CO2)cc1)c1ccc(C(C)(c2ccc(NCC3CO3)cc2)c2ccc(OCC3CO3)cc2)cc1. The molecule has 4 aromatic carbocycles. The van der Waals surface area contributed by atoms with Gasteiger partial charge in [-0.05, 0) is 71.1 Å². The van der Waals surface area contributed by atoms with Crippen LogP contribution < -0.4 is 14.8 Å². The van der Waals surface area contributed by atoms with Gasteiger partial charge in [-0.15, -0.1) is 0 Å². The predicted molar refractivity (Wildman–Crippen MR) is 172 cm³/mol. The molecule has 4 unspecified atom stereocenters. The van der Waals surface area contributed by atoms with Gasteiger partial charge in [-0.3, -0.25) is 0 Å². The van der Waals surface area contributed by atoms with E-state index in [1.54, 1.807) is 0 Å². The molecule has 0 saturated carbocycles. The second-order valence-electron chi connectivity index (χ2n) is 12.8. The smallest absolute Gasteiger partial charge is 0.119 e. The van der Waals surface area contributed by atoms with Crippen molar-refractivity contribution in [1.82, 2.24) is 0 Å². The molecule has 0 amide bonds. The van der Waals surface area contributed by atoms with Crippen LogP contribution in [0.2, 0.25) is 0 Å². The van der Waals surface area contributed by atoms with Crippen molar-refractivity contribution in [2.45, 2.75) is 49.9 Å². The first-order valence-corrected chi connectivity index (χ1v) is 15.6. The molecule has 0 aliphatic carbocycles. The molecule has 0 radical (unpaired) electrons. The van der Waals surface area contributed by atoms with Crippen molar-refractivity contribution in [3.05, 3.63) is 125 Å². The Hall–Kier alpha value is -3.84. The molecule has 3 aliphatic rings. The number of anilines is 1. The first-order chi connectivity index (χ1) is 21.4. The Kier molecular flexibility index (Phi) is 7.83. The number of hydrogen-bond donors (Lipinski definition) is 1. The van der Waals surface area contributed by atoms with Crippen molar-refractivity contribution in [2.24, 2.45) is 0 Å². The van der Waals surface area contributed by atoms with Crippen LogP contribution in [0.25, 0.3) is 0 Å². The van der Waals surface area contributed by atoms with Gasteiger partial charge in [0.15, 0.2) is 0 Å². The minimum atomic E-state index is -0.372. The van der Waals surface area contributed by atoms with Gasteiger partial charge >= 0.3 is 0 Å². The maximum atomic E-state index is 5.95. The maximum absolute atomic E-state index is 5.95. The normalized spacial score (nSPS) is 21.7. The van der Waals surface area contributed by atoms with Crippen molar-refractivity contribution in [2.75, 3.05) is 44.9 Å². The summed E-state index contributed by atoms with van der Waals surface area (Å²) in [4.78, 5) is 0. The van der Waals surface area contributed by atoms with Crippen molar-refractivity contribution >= 4 is 5.69 Å². The van der Waals surface area contributed by atoms with E-state index in [-0.39, 0.29) is 23.0 Å². The Morgan fingerprint density at radius 2 is 0.909 bits per heavy atom. The number of nitrogens with one attached hydrogen (secondary N) is 1. The van der Waals surface area contributed by atoms with Gasteiger partial charge in [-0.2, -0.15) is 0 Å². The standard InChI is InChI=1S/C38H41NO5/c1-37(2,27-10-16-32(17-11-27)40-22-35-24-43-35)26-4-6-28(7-5-26)38(3,29-8-14-31(15-9-29)39-20-34-21-42-34)30-12-18-33(19-13-30)41-23-36-25-44-36/h4-19,34-36,39H,20-25H2,1-3H3. The molecule has 0 aromatic heterocycles. The van der Waals surface area contributed by atoms with Gasteiger partial charge in [0.25, 0.3) is 0 Å². The highest BCUT2D eigenvalue weighted by Gasteiger charge is 2.33. The van der Waals surface area contributed by atoms with Gasteiger partial charge in [0.1, 0.15) is 36.9 Å². The highest BCUT2D eigenvalue weighted by atomic mass is 16.6. The summed E-state index contributed by atoms with van der Waals surface area (Å²) in [7, 11) is 0. The topological polar surface area (TPSA) is 68.1 Å². The molecule has 0 spiro atoms. The second kappa shape index (κ2) is 11.9. The molecule has 3 aliphatic heterocycles. The summed E-state index contributed by atoms with van der Waals surface area (Å²) in [6, 6.07) is 34.9. The lowest BCUT2D eigenvalue weighted by Gasteiger charge is -2.33. The van der Waals surface area contributed by atoms with Crippen molar-refractivity contribution in [3.63, 3.8) is 0 Å². The van der Waals surface area contributed by atoms with E-state index in [0.717, 1.165) is 43.6 Å². The summed E-state index contributed by atoms with van der Waals surface area (Å²) in [5, 5.41) is 3.49. The zero-order valence-corrected chi connectivity index (χ0v) is 25.8. The third-order valence-corrected chi connectivity index (χ3v) is 9.27. The van der Waals surface area contributed by atoms with Crippen LogP contribution in [0.3, 0.4) is 0 Å². The lowest BCUT2D eigenvalue weighted by atomic mass is 9.70. The van der Waals surface area contributed by atoms with E-state index in [0.29, 0.717) is 19.3 Å². The molecule has 4 aromatic rings. The average molecular weight is 592 g/mol. The molecular weight excluding hydrogens is 550 g/mol. The first kappa shape index (κ1) is 28.9. The van der Waals surface area contributed by atoms with Crippen molar-refractivity contribution < 1.29 is 23.7 Å². The minimum Gasteiger partial charge on any atom is -0.491 e. The van der Waals surface area contributed by atoms with Crippen LogP contribution in [-0.2, 0) is 25.0 Å². The van der Waals surface area contributed by atoms with Crippen LogP contribution in [-0.4, -0.2) is 57.9 Å². The molecular formula is C38H41NO5. The zero-order chi connectivity index (χ0) is 30.1. The Labute approximate surface area is 260 Å². The maximum Gasteiger partial charge on any atom is 0.119 e. The molecule has 4 atom stereocenters. The van der Waals surface area contributed by atoms with Crippen LogP contribution in [0.1, 0.15) is 48.6 Å². The number of ether oxygens (including phenoxy) is 5. The van der Waals surface area contributed by atoms with E-state index in [1.165, 1.54) is 27.8 Å². The van der Waals surface area contributed by atoms with Gasteiger partial charge in [0, 0.05) is 23.1 Å². The van der Waals surface area contributed by atoms with Crippen LogP contribution in [0, 0.1) is 0 Å². The molecule has 3 fully saturated rings. The lowest BCUT2D eigenvalue weighted by molar-refractivity contribution is 0.263. The Bertz CT molecular complexity index is 1480. The number of rotatable bonds is 14. The molecule has 7 rings (SSSR count). The Balaban J connectivity index is 1.15. The highest BCUT2D eigenvalue weighted by Crippen LogP contribution is 2.41. The number of hydrogen-bond acceptors (Lipinski definition) is 6. The fraction of sp³-hybridized carbons (Fsp3) is 0.368. The molecule has 44 heavy (non-hydrogen) atoms. The average Bonchev–Trinajstić information content (AvgIpc) is 3.91. The molecule has 3 saturated heterocycles. The van der Waals surface area contributed by atoms with Crippen LogP contribution in [0.5, 0.6) is 11.5 Å². The Morgan fingerprint density at radius 3 is 1.34 bits per heavy atom. The highest BCUT2D eigenvalue weighted by molar-refractivity contribution is 5.55. The molecule has 1 N–H and O–H groups in total. The summed E-state index contributed by atoms with van der Waals surface area (Å²) < 4.78 is 27.7. The van der Waals surface area contributed by atoms with Gasteiger partial charge in [0.2, 0.25) is 0 Å². The van der Waals surface area contributed by atoms with Gasteiger partial charge < -0.3 is 29.0 Å². The summed E-state index contributed by atoms with van der Waals surface area (Å²) in [5.41, 5.74) is 6.73. The summed E-state index contributed by atoms with van der Waals surface area (Å²) in [6.45, 7) is 11.4. The van der Waals surface area contributed by atoms with E-state index < -0.39 is 0 Å². The third kappa shape index (κ3) is 6.48. The summed E-state index contributed by atoms with van der Waals surface area (Å²) in [5.74, 6) is 1.74. The van der Waals surface area contributed by atoms with E-state index in [1.807, 2.05) is 0 Å². The van der Waals surface area contributed by atoms with Gasteiger partial charge in [0.05, 0.1) is 25.9 Å². The molecule has 228 valence electrons. The third-order valence-electron chi connectivity index (χ3n) is 9.27. The van der Waals surface area contributed by atoms with E-state index >= 15 is 0 Å². The minimum absolute atomic E-state index is 0.171.